The van der Waals surface area contributed by atoms with Crippen LogP contribution in [0.25, 0.3) is 0 Å². The largest absolute Gasteiger partial charge is 0.452 e. The second-order valence-electron chi connectivity index (χ2n) is 3.67. The summed E-state index contributed by atoms with van der Waals surface area (Å²) < 4.78 is 30.8. The van der Waals surface area contributed by atoms with Crippen LogP contribution in [-0.4, -0.2) is 38.9 Å². The minimum atomic E-state index is -3.96. The molecule has 0 radical (unpaired) electrons. The maximum Gasteiger partial charge on any atom is 0.421 e. The minimum absolute atomic E-state index is 0.545. The Hall–Kier alpha value is -0.860. The van der Waals surface area contributed by atoms with Gasteiger partial charge in [0.05, 0.1) is 13.2 Å². The molecule has 1 saturated carbocycles. The molecule has 0 aromatic heterocycles. The molecule has 7 nitrogen and oxygen atoms in total. The monoisotopic (exact) mass is 252 g/mol. The van der Waals surface area contributed by atoms with Gasteiger partial charge in [0, 0.05) is 6.04 Å². The van der Waals surface area contributed by atoms with Gasteiger partial charge in [0.15, 0.2) is 0 Å². The lowest BCUT2D eigenvalue weighted by Gasteiger charge is -2.27. The van der Waals surface area contributed by atoms with Gasteiger partial charge in [-0.25, -0.2) is 9.52 Å². The van der Waals surface area contributed by atoms with Crippen molar-refractivity contribution in [3.63, 3.8) is 0 Å². The normalized spacial score (nSPS) is 26.1. The van der Waals surface area contributed by atoms with Gasteiger partial charge in [-0.15, -0.1) is 0 Å². The lowest BCUT2D eigenvalue weighted by Crippen LogP contribution is -2.50. The number of hydrogen-bond acceptors (Lipinski definition) is 5. The topological polar surface area (TPSA) is 105 Å². The summed E-state index contributed by atoms with van der Waals surface area (Å²) in [6, 6.07) is -0.545. The molecule has 1 aliphatic carbocycles. The van der Waals surface area contributed by atoms with Crippen molar-refractivity contribution in [2.75, 3.05) is 7.11 Å². The number of aliphatic hydroxyl groups is 1. The molecular formula is C8H16N2O5S. The fraction of sp³-hybridized carbons (Fsp3) is 0.875. The second kappa shape index (κ2) is 5.46. The van der Waals surface area contributed by atoms with Gasteiger partial charge in [-0.1, -0.05) is 12.8 Å². The van der Waals surface area contributed by atoms with E-state index in [1.54, 1.807) is 4.72 Å². The average molecular weight is 252 g/mol. The molecule has 0 spiro atoms. The fourth-order valence-electron chi connectivity index (χ4n) is 1.63. The smallest absolute Gasteiger partial charge is 0.421 e. The van der Waals surface area contributed by atoms with E-state index >= 15 is 0 Å². The van der Waals surface area contributed by atoms with Crippen molar-refractivity contribution in [2.45, 2.75) is 37.8 Å². The van der Waals surface area contributed by atoms with E-state index in [1.165, 1.54) is 0 Å². The molecule has 0 unspecified atom stereocenters. The highest BCUT2D eigenvalue weighted by Crippen LogP contribution is 2.18. The Morgan fingerprint density at radius 2 is 2.00 bits per heavy atom. The first-order chi connectivity index (χ1) is 7.44. The van der Waals surface area contributed by atoms with Crippen LogP contribution < -0.4 is 9.44 Å². The van der Waals surface area contributed by atoms with Crippen LogP contribution in [0.4, 0.5) is 4.79 Å². The quantitative estimate of drug-likeness (QED) is 0.627. The van der Waals surface area contributed by atoms with E-state index in [0.717, 1.165) is 20.0 Å². The Kier molecular flexibility index (Phi) is 4.51. The highest BCUT2D eigenvalue weighted by Gasteiger charge is 2.28. The third-order valence-electron chi connectivity index (χ3n) is 2.44. The molecule has 1 rings (SSSR count). The van der Waals surface area contributed by atoms with Crippen molar-refractivity contribution in [1.29, 1.82) is 0 Å². The summed E-state index contributed by atoms with van der Waals surface area (Å²) in [5, 5.41) is 9.55. The van der Waals surface area contributed by atoms with Crippen LogP contribution in [0, 0.1) is 0 Å². The van der Waals surface area contributed by atoms with Gasteiger partial charge in [0.25, 0.3) is 0 Å². The van der Waals surface area contributed by atoms with Gasteiger partial charge in [-0.2, -0.15) is 13.1 Å². The van der Waals surface area contributed by atoms with Gasteiger partial charge in [0.2, 0.25) is 0 Å². The molecule has 2 atom stereocenters. The standard InChI is InChI=1S/C8H16N2O5S/c1-15-8(12)10-16(13,14)9-6-4-2-3-5-7(6)11/h6-7,9,11H,2-5H2,1H3,(H,10,12)/t6-,7-/m0/s1. The molecular weight excluding hydrogens is 236 g/mol. The molecule has 94 valence electrons. The van der Waals surface area contributed by atoms with Crippen molar-refractivity contribution in [2.24, 2.45) is 0 Å². The number of amides is 1. The summed E-state index contributed by atoms with van der Waals surface area (Å²) in [4.78, 5) is 10.7. The molecule has 1 aliphatic rings. The average Bonchev–Trinajstić information content (AvgIpc) is 2.20. The maximum atomic E-state index is 11.4. The van der Waals surface area contributed by atoms with E-state index in [0.29, 0.717) is 12.8 Å². The predicted octanol–water partition coefficient (Wildman–Crippen LogP) is -0.520. The SMILES string of the molecule is COC(=O)NS(=O)(=O)N[C@H]1CCCC[C@@H]1O. The van der Waals surface area contributed by atoms with E-state index in [1.807, 2.05) is 0 Å². The van der Waals surface area contributed by atoms with Crippen molar-refractivity contribution in [1.82, 2.24) is 9.44 Å². The van der Waals surface area contributed by atoms with E-state index in [2.05, 4.69) is 9.46 Å². The highest BCUT2D eigenvalue weighted by atomic mass is 32.2. The van der Waals surface area contributed by atoms with E-state index < -0.39 is 28.4 Å². The number of rotatable bonds is 3. The summed E-state index contributed by atoms with van der Waals surface area (Å²) in [5.41, 5.74) is 0. The van der Waals surface area contributed by atoms with Gasteiger partial charge in [-0.3, -0.25) is 0 Å². The Morgan fingerprint density at radius 3 is 2.56 bits per heavy atom. The molecule has 8 heteroatoms. The minimum Gasteiger partial charge on any atom is -0.452 e. The molecule has 1 amide bonds. The van der Waals surface area contributed by atoms with E-state index in [-0.39, 0.29) is 0 Å². The van der Waals surface area contributed by atoms with Crippen LogP contribution in [-0.2, 0) is 14.9 Å². The third-order valence-corrected chi connectivity index (χ3v) is 3.49. The predicted molar refractivity (Wildman–Crippen MR) is 55.9 cm³/mol. The van der Waals surface area contributed by atoms with Crippen LogP contribution in [0.3, 0.4) is 0 Å². The van der Waals surface area contributed by atoms with E-state index in [4.69, 9.17) is 0 Å². The summed E-state index contributed by atoms with van der Waals surface area (Å²) in [6.45, 7) is 0. The van der Waals surface area contributed by atoms with Gasteiger partial charge in [-0.05, 0) is 12.8 Å². The van der Waals surface area contributed by atoms with E-state index in [9.17, 15) is 18.3 Å². The fourth-order valence-corrected chi connectivity index (χ4v) is 2.66. The van der Waals surface area contributed by atoms with Crippen LogP contribution in [0.15, 0.2) is 0 Å². The number of hydrogen-bond donors (Lipinski definition) is 3. The summed E-state index contributed by atoms with van der Waals surface area (Å²) in [7, 11) is -2.89. The summed E-state index contributed by atoms with van der Waals surface area (Å²) in [6.07, 6.45) is 1.08. The Bertz CT molecular complexity index is 342. The van der Waals surface area contributed by atoms with Crippen molar-refractivity contribution in [3.8, 4) is 0 Å². The number of carbonyl (C=O) groups excluding carboxylic acids is 1. The van der Waals surface area contributed by atoms with Crippen LogP contribution >= 0.6 is 0 Å². The maximum absolute atomic E-state index is 11.4. The Balaban J connectivity index is 2.54. The first kappa shape index (κ1) is 13.2. The molecule has 0 saturated heterocycles. The summed E-state index contributed by atoms with van der Waals surface area (Å²) in [5.74, 6) is 0. The third kappa shape index (κ3) is 3.95. The molecule has 0 heterocycles. The Labute approximate surface area is 94.4 Å². The van der Waals surface area contributed by atoms with Crippen LogP contribution in [0.2, 0.25) is 0 Å². The zero-order valence-corrected chi connectivity index (χ0v) is 9.79. The van der Waals surface area contributed by atoms with Gasteiger partial charge in [0.1, 0.15) is 0 Å². The zero-order chi connectivity index (χ0) is 12.2. The van der Waals surface area contributed by atoms with Crippen molar-refractivity contribution in [3.05, 3.63) is 0 Å². The molecule has 0 aromatic carbocycles. The highest BCUT2D eigenvalue weighted by molar-refractivity contribution is 7.88. The number of nitrogens with one attached hydrogen (secondary N) is 2. The van der Waals surface area contributed by atoms with Crippen molar-refractivity contribution < 1.29 is 23.1 Å². The number of aliphatic hydroxyl groups excluding tert-OH is 1. The first-order valence-electron chi connectivity index (χ1n) is 5.00. The van der Waals surface area contributed by atoms with Crippen molar-refractivity contribution >= 4 is 16.3 Å². The first-order valence-corrected chi connectivity index (χ1v) is 6.49. The summed E-state index contributed by atoms with van der Waals surface area (Å²) >= 11 is 0. The second-order valence-corrected chi connectivity index (χ2v) is 5.12. The zero-order valence-electron chi connectivity index (χ0n) is 8.97. The lowest BCUT2D eigenvalue weighted by molar-refractivity contribution is 0.101. The Morgan fingerprint density at radius 1 is 1.38 bits per heavy atom. The van der Waals surface area contributed by atoms with Gasteiger partial charge < -0.3 is 9.84 Å². The van der Waals surface area contributed by atoms with Gasteiger partial charge >= 0.3 is 16.3 Å². The molecule has 16 heavy (non-hydrogen) atoms. The molecule has 0 aliphatic heterocycles. The van der Waals surface area contributed by atoms with Crippen LogP contribution in [0.5, 0.6) is 0 Å². The van der Waals surface area contributed by atoms with Crippen LogP contribution in [0.1, 0.15) is 25.7 Å². The molecule has 0 bridgehead atoms. The molecule has 0 aromatic rings. The lowest BCUT2D eigenvalue weighted by atomic mass is 9.93. The number of methoxy groups -OCH3 is 1. The number of ether oxygens (including phenoxy) is 1. The molecule has 3 N–H and O–H groups in total. The molecule has 1 fully saturated rings. The number of carbonyl (C=O) groups is 1.